The first-order valence-corrected chi connectivity index (χ1v) is 7.05. The fourth-order valence-electron chi connectivity index (χ4n) is 2.00. The Bertz CT molecular complexity index is 507. The average molecular weight is 261 g/mol. The van der Waals surface area contributed by atoms with Crippen molar-refractivity contribution in [2.24, 2.45) is 5.73 Å². The SMILES string of the molecule is Cc1cccnc1C(C)NCc1cscc1CN. The molecule has 0 aliphatic carbocycles. The third kappa shape index (κ3) is 2.96. The molecule has 0 aliphatic rings. The summed E-state index contributed by atoms with van der Waals surface area (Å²) in [7, 11) is 0. The maximum absolute atomic E-state index is 5.70. The molecular formula is C14H19N3S. The van der Waals surface area contributed by atoms with Crippen molar-refractivity contribution >= 4 is 11.3 Å². The van der Waals surface area contributed by atoms with Crippen molar-refractivity contribution in [2.45, 2.75) is 33.0 Å². The summed E-state index contributed by atoms with van der Waals surface area (Å²) in [5, 5.41) is 7.78. The van der Waals surface area contributed by atoms with Crippen molar-refractivity contribution in [1.29, 1.82) is 0 Å². The number of nitrogens with two attached hydrogens (primary N) is 1. The Labute approximate surface area is 112 Å². The first kappa shape index (κ1) is 13.2. The summed E-state index contributed by atoms with van der Waals surface area (Å²) in [6.07, 6.45) is 1.84. The number of nitrogens with one attached hydrogen (secondary N) is 1. The zero-order valence-electron chi connectivity index (χ0n) is 10.8. The number of hydrogen-bond donors (Lipinski definition) is 2. The maximum atomic E-state index is 5.70. The molecule has 0 aliphatic heterocycles. The summed E-state index contributed by atoms with van der Waals surface area (Å²) < 4.78 is 0. The summed E-state index contributed by atoms with van der Waals surface area (Å²) in [6.45, 7) is 5.69. The van der Waals surface area contributed by atoms with Gasteiger partial charge in [-0.2, -0.15) is 11.3 Å². The Morgan fingerprint density at radius 3 is 2.89 bits per heavy atom. The molecule has 2 rings (SSSR count). The Balaban J connectivity index is 2.01. The van der Waals surface area contributed by atoms with E-state index in [0.717, 1.165) is 12.2 Å². The quantitative estimate of drug-likeness (QED) is 0.870. The number of thiophene rings is 1. The third-order valence-corrected chi connectivity index (χ3v) is 3.95. The molecule has 0 fully saturated rings. The number of aryl methyl sites for hydroxylation is 1. The Hall–Kier alpha value is -1.23. The summed E-state index contributed by atoms with van der Waals surface area (Å²) >= 11 is 1.71. The molecule has 0 bridgehead atoms. The van der Waals surface area contributed by atoms with E-state index in [1.54, 1.807) is 11.3 Å². The Morgan fingerprint density at radius 2 is 2.17 bits per heavy atom. The molecule has 1 unspecified atom stereocenters. The van der Waals surface area contributed by atoms with E-state index in [0.29, 0.717) is 6.54 Å². The fraction of sp³-hybridized carbons (Fsp3) is 0.357. The number of hydrogen-bond acceptors (Lipinski definition) is 4. The molecule has 4 heteroatoms. The molecular weight excluding hydrogens is 242 g/mol. The van der Waals surface area contributed by atoms with Gasteiger partial charge in [-0.15, -0.1) is 0 Å². The van der Waals surface area contributed by atoms with Crippen molar-refractivity contribution in [2.75, 3.05) is 0 Å². The van der Waals surface area contributed by atoms with E-state index in [2.05, 4.69) is 41.0 Å². The summed E-state index contributed by atoms with van der Waals surface area (Å²) in [5.74, 6) is 0. The second-order valence-corrected chi connectivity index (χ2v) is 5.18. The maximum Gasteiger partial charge on any atom is 0.0599 e. The van der Waals surface area contributed by atoms with Crippen LogP contribution in [0.15, 0.2) is 29.1 Å². The molecule has 1 atom stereocenters. The summed E-state index contributed by atoms with van der Waals surface area (Å²) in [6, 6.07) is 4.31. The molecule has 3 nitrogen and oxygen atoms in total. The molecule has 0 saturated heterocycles. The van der Waals surface area contributed by atoms with Crippen LogP contribution in [0.1, 0.15) is 35.3 Å². The van der Waals surface area contributed by atoms with E-state index < -0.39 is 0 Å². The molecule has 2 aromatic rings. The molecule has 0 radical (unpaired) electrons. The zero-order chi connectivity index (χ0) is 13.0. The predicted molar refractivity (Wildman–Crippen MR) is 76.4 cm³/mol. The highest BCUT2D eigenvalue weighted by Gasteiger charge is 2.10. The van der Waals surface area contributed by atoms with Gasteiger partial charge in [-0.1, -0.05) is 6.07 Å². The first-order valence-electron chi connectivity index (χ1n) is 6.11. The van der Waals surface area contributed by atoms with Crippen LogP contribution >= 0.6 is 11.3 Å². The Kier molecular flexibility index (Phi) is 4.47. The van der Waals surface area contributed by atoms with Gasteiger partial charge in [0, 0.05) is 25.3 Å². The predicted octanol–water partition coefficient (Wildman–Crippen LogP) is 2.76. The van der Waals surface area contributed by atoms with Crippen LogP contribution in [0, 0.1) is 6.92 Å². The van der Waals surface area contributed by atoms with E-state index in [9.17, 15) is 0 Å². The molecule has 2 aromatic heterocycles. The number of nitrogens with zero attached hydrogens (tertiary/aromatic N) is 1. The molecule has 18 heavy (non-hydrogen) atoms. The second-order valence-electron chi connectivity index (χ2n) is 4.43. The van der Waals surface area contributed by atoms with E-state index in [-0.39, 0.29) is 6.04 Å². The molecule has 2 heterocycles. The standard InChI is InChI=1S/C14H19N3S/c1-10-4-3-5-16-14(10)11(2)17-7-13-9-18-8-12(13)6-15/h3-5,8-9,11,17H,6-7,15H2,1-2H3. The number of rotatable bonds is 5. The minimum absolute atomic E-state index is 0.247. The largest absolute Gasteiger partial charge is 0.326 e. The van der Waals surface area contributed by atoms with E-state index in [1.807, 2.05) is 12.3 Å². The van der Waals surface area contributed by atoms with Crippen molar-refractivity contribution in [3.8, 4) is 0 Å². The lowest BCUT2D eigenvalue weighted by molar-refractivity contribution is 0.557. The molecule has 0 aromatic carbocycles. The topological polar surface area (TPSA) is 50.9 Å². The third-order valence-electron chi connectivity index (χ3n) is 3.11. The lowest BCUT2D eigenvalue weighted by Gasteiger charge is -2.15. The van der Waals surface area contributed by atoms with Crippen molar-refractivity contribution in [1.82, 2.24) is 10.3 Å². The van der Waals surface area contributed by atoms with Gasteiger partial charge >= 0.3 is 0 Å². The van der Waals surface area contributed by atoms with E-state index >= 15 is 0 Å². The highest BCUT2D eigenvalue weighted by molar-refractivity contribution is 7.08. The van der Waals surface area contributed by atoms with Gasteiger partial charge in [0.1, 0.15) is 0 Å². The van der Waals surface area contributed by atoms with Gasteiger partial charge in [0.2, 0.25) is 0 Å². The lowest BCUT2D eigenvalue weighted by atomic mass is 10.1. The van der Waals surface area contributed by atoms with Crippen molar-refractivity contribution in [3.05, 3.63) is 51.5 Å². The van der Waals surface area contributed by atoms with Gasteiger partial charge < -0.3 is 11.1 Å². The molecule has 3 N–H and O–H groups in total. The molecule has 0 amide bonds. The number of aromatic nitrogens is 1. The highest BCUT2D eigenvalue weighted by Crippen LogP contribution is 2.17. The van der Waals surface area contributed by atoms with Gasteiger partial charge in [-0.3, -0.25) is 4.98 Å². The van der Waals surface area contributed by atoms with Gasteiger partial charge in [-0.25, -0.2) is 0 Å². The highest BCUT2D eigenvalue weighted by atomic mass is 32.1. The molecule has 0 spiro atoms. The van der Waals surface area contributed by atoms with Gasteiger partial charge in [-0.05, 0) is 47.4 Å². The van der Waals surface area contributed by atoms with Crippen LogP contribution in [-0.2, 0) is 13.1 Å². The molecule has 96 valence electrons. The summed E-state index contributed by atoms with van der Waals surface area (Å²) in [4.78, 5) is 4.44. The van der Waals surface area contributed by atoms with Gasteiger partial charge in [0.15, 0.2) is 0 Å². The Morgan fingerprint density at radius 1 is 1.39 bits per heavy atom. The molecule has 0 saturated carbocycles. The monoisotopic (exact) mass is 261 g/mol. The van der Waals surface area contributed by atoms with Crippen LogP contribution in [0.3, 0.4) is 0 Å². The number of pyridine rings is 1. The van der Waals surface area contributed by atoms with Crippen LogP contribution in [-0.4, -0.2) is 4.98 Å². The van der Waals surface area contributed by atoms with Crippen LogP contribution in [0.2, 0.25) is 0 Å². The minimum atomic E-state index is 0.247. The van der Waals surface area contributed by atoms with Crippen LogP contribution in [0.5, 0.6) is 0 Å². The normalized spacial score (nSPS) is 12.6. The van der Waals surface area contributed by atoms with Crippen LogP contribution in [0.25, 0.3) is 0 Å². The van der Waals surface area contributed by atoms with Crippen molar-refractivity contribution in [3.63, 3.8) is 0 Å². The van der Waals surface area contributed by atoms with Crippen molar-refractivity contribution < 1.29 is 0 Å². The minimum Gasteiger partial charge on any atom is -0.326 e. The van der Waals surface area contributed by atoms with Gasteiger partial charge in [0.25, 0.3) is 0 Å². The lowest BCUT2D eigenvalue weighted by Crippen LogP contribution is -2.20. The van der Waals surface area contributed by atoms with E-state index in [1.165, 1.54) is 16.7 Å². The fourth-order valence-corrected chi connectivity index (χ4v) is 2.87. The smallest absolute Gasteiger partial charge is 0.0599 e. The van der Waals surface area contributed by atoms with Crippen LogP contribution in [0.4, 0.5) is 0 Å². The second kappa shape index (κ2) is 6.09. The zero-order valence-corrected chi connectivity index (χ0v) is 11.6. The van der Waals surface area contributed by atoms with Crippen LogP contribution < -0.4 is 11.1 Å². The average Bonchev–Trinajstić information content (AvgIpc) is 2.84. The van der Waals surface area contributed by atoms with Gasteiger partial charge in [0.05, 0.1) is 5.69 Å². The summed E-state index contributed by atoms with van der Waals surface area (Å²) in [5.41, 5.74) is 10.6. The first-order chi connectivity index (χ1) is 8.72. The van der Waals surface area contributed by atoms with E-state index in [4.69, 9.17) is 5.73 Å².